The van der Waals surface area contributed by atoms with Crippen LogP contribution in [0.1, 0.15) is 11.3 Å². The summed E-state index contributed by atoms with van der Waals surface area (Å²) < 4.78 is 16.2. The van der Waals surface area contributed by atoms with Gasteiger partial charge in [0.2, 0.25) is 5.75 Å². The highest BCUT2D eigenvalue weighted by Gasteiger charge is 2.18. The minimum absolute atomic E-state index is 0.447. The van der Waals surface area contributed by atoms with Crippen LogP contribution in [0.5, 0.6) is 17.2 Å². The smallest absolute Gasteiger partial charge is 0.203 e. The van der Waals surface area contributed by atoms with Crippen LogP contribution in [-0.2, 0) is 5.88 Å². The first-order chi connectivity index (χ1) is 10.2. The lowest BCUT2D eigenvalue weighted by molar-refractivity contribution is 0.325. The molecule has 0 N–H and O–H groups in total. The molecule has 2 rings (SSSR count). The Morgan fingerprint density at radius 1 is 0.952 bits per heavy atom. The molecule has 112 valence electrons. The van der Waals surface area contributed by atoms with Gasteiger partial charge in [0.05, 0.1) is 27.0 Å². The molecule has 4 nitrogen and oxygen atoms in total. The van der Waals surface area contributed by atoms with Crippen molar-refractivity contribution in [2.75, 3.05) is 21.3 Å². The number of benzene rings is 1. The number of methoxy groups -OCH3 is 3. The minimum Gasteiger partial charge on any atom is -0.493 e. The van der Waals surface area contributed by atoms with Crippen molar-refractivity contribution >= 4 is 11.6 Å². The van der Waals surface area contributed by atoms with Crippen molar-refractivity contribution < 1.29 is 14.2 Å². The van der Waals surface area contributed by atoms with Crippen LogP contribution >= 0.6 is 11.6 Å². The topological polar surface area (TPSA) is 40.6 Å². The van der Waals surface area contributed by atoms with Gasteiger partial charge in [-0.1, -0.05) is 6.07 Å². The predicted molar refractivity (Wildman–Crippen MR) is 83.6 cm³/mol. The van der Waals surface area contributed by atoms with E-state index in [0.717, 1.165) is 22.5 Å². The maximum atomic E-state index is 5.88. The van der Waals surface area contributed by atoms with Gasteiger partial charge < -0.3 is 14.2 Å². The summed E-state index contributed by atoms with van der Waals surface area (Å²) in [5.74, 6) is 2.22. The van der Waals surface area contributed by atoms with Gasteiger partial charge in [0, 0.05) is 17.1 Å². The lowest BCUT2D eigenvalue weighted by Crippen LogP contribution is -1.99. The number of rotatable bonds is 5. The molecule has 0 amide bonds. The molecule has 0 fully saturated rings. The molecule has 0 saturated heterocycles. The molecule has 5 heteroatoms. The van der Waals surface area contributed by atoms with Gasteiger partial charge >= 0.3 is 0 Å². The Morgan fingerprint density at radius 2 is 1.67 bits per heavy atom. The molecular weight excluding hydrogens is 290 g/mol. The fourth-order valence-electron chi connectivity index (χ4n) is 2.18. The minimum atomic E-state index is 0.447. The molecule has 0 spiro atoms. The lowest BCUT2D eigenvalue weighted by atomic mass is 10.1. The van der Waals surface area contributed by atoms with Gasteiger partial charge in [-0.2, -0.15) is 0 Å². The zero-order valence-corrected chi connectivity index (χ0v) is 13.3. The van der Waals surface area contributed by atoms with Crippen molar-refractivity contribution in [1.29, 1.82) is 0 Å². The molecule has 1 aromatic carbocycles. The Labute approximate surface area is 129 Å². The van der Waals surface area contributed by atoms with E-state index in [1.54, 1.807) is 21.3 Å². The third kappa shape index (κ3) is 2.90. The zero-order chi connectivity index (χ0) is 15.4. The van der Waals surface area contributed by atoms with Crippen molar-refractivity contribution in [3.63, 3.8) is 0 Å². The first-order valence-electron chi connectivity index (χ1n) is 6.48. The highest BCUT2D eigenvalue weighted by Crippen LogP contribution is 2.43. The number of alkyl halides is 1. The van der Waals surface area contributed by atoms with Crippen molar-refractivity contribution in [3.8, 4) is 28.5 Å². The molecule has 1 heterocycles. The number of ether oxygens (including phenoxy) is 3. The molecule has 0 aliphatic carbocycles. The standard InChI is InChI=1S/C16H18ClNO3/c1-10-11(9-17)5-7-13(18-10)12-6-8-14(19-2)16(21-4)15(12)20-3/h5-8H,9H2,1-4H3. The van der Waals surface area contributed by atoms with Crippen molar-refractivity contribution in [2.45, 2.75) is 12.8 Å². The summed E-state index contributed by atoms with van der Waals surface area (Å²) in [6.07, 6.45) is 0. The highest BCUT2D eigenvalue weighted by atomic mass is 35.5. The molecular formula is C16H18ClNO3. The van der Waals surface area contributed by atoms with Crippen LogP contribution < -0.4 is 14.2 Å². The number of halogens is 1. The van der Waals surface area contributed by atoms with Crippen LogP contribution in [-0.4, -0.2) is 26.3 Å². The van der Waals surface area contributed by atoms with Crippen LogP contribution in [0.3, 0.4) is 0 Å². The Balaban J connectivity index is 2.61. The maximum absolute atomic E-state index is 5.88. The van der Waals surface area contributed by atoms with Crippen LogP contribution in [0.4, 0.5) is 0 Å². The van der Waals surface area contributed by atoms with E-state index >= 15 is 0 Å². The van der Waals surface area contributed by atoms with E-state index in [1.165, 1.54) is 0 Å². The summed E-state index contributed by atoms with van der Waals surface area (Å²) in [5, 5.41) is 0. The zero-order valence-electron chi connectivity index (χ0n) is 12.6. The fourth-order valence-corrected chi connectivity index (χ4v) is 2.47. The molecule has 0 aliphatic rings. The first-order valence-corrected chi connectivity index (χ1v) is 7.01. The molecule has 0 atom stereocenters. The average Bonchev–Trinajstić information content (AvgIpc) is 2.52. The SMILES string of the molecule is COc1ccc(-c2ccc(CCl)c(C)n2)c(OC)c1OC. The molecule has 0 saturated carbocycles. The Morgan fingerprint density at radius 3 is 2.19 bits per heavy atom. The molecule has 1 aromatic heterocycles. The summed E-state index contributed by atoms with van der Waals surface area (Å²) >= 11 is 5.88. The summed E-state index contributed by atoms with van der Waals surface area (Å²) in [6, 6.07) is 7.64. The maximum Gasteiger partial charge on any atom is 0.203 e. The van der Waals surface area contributed by atoms with Gasteiger partial charge in [-0.15, -0.1) is 11.6 Å². The second-order valence-corrected chi connectivity index (χ2v) is 4.72. The molecule has 21 heavy (non-hydrogen) atoms. The van der Waals surface area contributed by atoms with E-state index in [9.17, 15) is 0 Å². The summed E-state index contributed by atoms with van der Waals surface area (Å²) in [4.78, 5) is 4.59. The number of pyridine rings is 1. The van der Waals surface area contributed by atoms with Gasteiger partial charge in [-0.25, -0.2) is 0 Å². The molecule has 0 radical (unpaired) electrons. The van der Waals surface area contributed by atoms with Gasteiger partial charge in [-0.05, 0) is 30.7 Å². The number of aromatic nitrogens is 1. The Hall–Kier alpha value is -1.94. The molecule has 0 bridgehead atoms. The molecule has 0 unspecified atom stereocenters. The number of hydrogen-bond donors (Lipinski definition) is 0. The van der Waals surface area contributed by atoms with Crippen LogP contribution in [0.25, 0.3) is 11.3 Å². The normalized spacial score (nSPS) is 10.3. The number of aryl methyl sites for hydroxylation is 1. The summed E-state index contributed by atoms with van der Waals surface area (Å²) in [7, 11) is 4.77. The van der Waals surface area contributed by atoms with Gasteiger partial charge in [-0.3, -0.25) is 4.98 Å². The summed E-state index contributed by atoms with van der Waals surface area (Å²) in [5.41, 5.74) is 3.57. The van der Waals surface area contributed by atoms with Gasteiger partial charge in [0.15, 0.2) is 11.5 Å². The average molecular weight is 308 g/mol. The third-order valence-electron chi connectivity index (χ3n) is 3.32. The number of hydrogen-bond acceptors (Lipinski definition) is 4. The van der Waals surface area contributed by atoms with Gasteiger partial charge in [0.1, 0.15) is 0 Å². The van der Waals surface area contributed by atoms with E-state index in [0.29, 0.717) is 23.1 Å². The van der Waals surface area contributed by atoms with E-state index in [4.69, 9.17) is 25.8 Å². The van der Waals surface area contributed by atoms with Gasteiger partial charge in [0.25, 0.3) is 0 Å². The molecule has 2 aromatic rings. The van der Waals surface area contributed by atoms with Crippen molar-refractivity contribution in [2.24, 2.45) is 0 Å². The van der Waals surface area contributed by atoms with Crippen molar-refractivity contribution in [1.82, 2.24) is 4.98 Å². The van der Waals surface area contributed by atoms with E-state index in [2.05, 4.69) is 4.98 Å². The van der Waals surface area contributed by atoms with Crippen LogP contribution in [0.15, 0.2) is 24.3 Å². The lowest BCUT2D eigenvalue weighted by Gasteiger charge is -2.16. The van der Waals surface area contributed by atoms with E-state index in [1.807, 2.05) is 31.2 Å². The van der Waals surface area contributed by atoms with Crippen LogP contribution in [0.2, 0.25) is 0 Å². The quantitative estimate of drug-likeness (QED) is 0.787. The van der Waals surface area contributed by atoms with E-state index < -0.39 is 0 Å². The Kier molecular flexibility index (Phi) is 4.91. The second-order valence-electron chi connectivity index (χ2n) is 4.46. The monoisotopic (exact) mass is 307 g/mol. The number of nitrogens with zero attached hydrogens (tertiary/aromatic N) is 1. The highest BCUT2D eigenvalue weighted by molar-refractivity contribution is 6.17. The summed E-state index contributed by atoms with van der Waals surface area (Å²) in [6.45, 7) is 1.94. The predicted octanol–water partition coefficient (Wildman–Crippen LogP) is 3.82. The van der Waals surface area contributed by atoms with Crippen LogP contribution in [0, 0.1) is 6.92 Å². The Bertz CT molecular complexity index is 644. The van der Waals surface area contributed by atoms with E-state index in [-0.39, 0.29) is 0 Å². The van der Waals surface area contributed by atoms with Crippen molar-refractivity contribution in [3.05, 3.63) is 35.5 Å². The first kappa shape index (κ1) is 15.4. The largest absolute Gasteiger partial charge is 0.493 e. The third-order valence-corrected chi connectivity index (χ3v) is 3.61. The fraction of sp³-hybridized carbons (Fsp3) is 0.312. The second kappa shape index (κ2) is 6.68. The molecule has 0 aliphatic heterocycles.